The first-order valence-corrected chi connectivity index (χ1v) is 10.3. The molecule has 9 heteroatoms. The highest BCUT2D eigenvalue weighted by atomic mass is 19.3. The quantitative estimate of drug-likeness (QED) is 0.815. The van der Waals surface area contributed by atoms with Gasteiger partial charge in [-0.05, 0) is 37.3 Å². The Morgan fingerprint density at radius 1 is 1.37 bits per heavy atom. The maximum atomic E-state index is 13.3. The molecule has 1 saturated heterocycles. The Kier molecular flexibility index (Phi) is 5.62. The summed E-state index contributed by atoms with van der Waals surface area (Å²) in [6.07, 6.45) is 4.30. The fourth-order valence-corrected chi connectivity index (χ4v) is 4.12. The minimum Gasteiger partial charge on any atom is -0.493 e. The molecule has 3 aliphatic rings. The van der Waals surface area contributed by atoms with E-state index in [1.54, 1.807) is 0 Å². The van der Waals surface area contributed by atoms with Gasteiger partial charge in [0.05, 0.1) is 12.0 Å². The molecule has 0 radical (unpaired) electrons. The fourth-order valence-electron chi connectivity index (χ4n) is 4.12. The van der Waals surface area contributed by atoms with Crippen molar-refractivity contribution in [3.8, 4) is 5.75 Å². The number of aromatic nitrogens is 2. The summed E-state index contributed by atoms with van der Waals surface area (Å²) < 4.78 is 37.0. The third-order valence-corrected chi connectivity index (χ3v) is 6.06. The van der Waals surface area contributed by atoms with E-state index in [4.69, 9.17) is 9.15 Å². The number of rotatable bonds is 4. The lowest BCUT2D eigenvalue weighted by molar-refractivity contribution is -0.131. The lowest BCUT2D eigenvalue weighted by atomic mass is 10.1. The molecule has 2 aliphatic heterocycles. The van der Waals surface area contributed by atoms with Crippen LogP contribution in [0.4, 0.5) is 14.8 Å². The predicted octanol–water partition coefficient (Wildman–Crippen LogP) is 3.53. The minimum atomic E-state index is -2.61. The maximum Gasteiger partial charge on any atom is 0.315 e. The molecule has 1 aliphatic carbocycles. The first kappa shape index (κ1) is 20.6. The monoisotopic (exact) mass is 420 g/mol. The molecular formula is C21H26F2N4O3. The topological polar surface area (TPSA) is 80.5 Å². The van der Waals surface area contributed by atoms with E-state index in [0.29, 0.717) is 19.4 Å². The smallest absolute Gasteiger partial charge is 0.315 e. The summed E-state index contributed by atoms with van der Waals surface area (Å²) in [5.41, 5.74) is 0.388. The number of alkyl halides is 2. The molecule has 30 heavy (non-hydrogen) atoms. The van der Waals surface area contributed by atoms with Crippen molar-refractivity contribution in [3.63, 3.8) is 0 Å². The van der Waals surface area contributed by atoms with Crippen LogP contribution in [0.1, 0.15) is 38.2 Å². The van der Waals surface area contributed by atoms with Crippen LogP contribution in [0, 0.1) is 5.41 Å². The molecule has 2 unspecified atom stereocenters. The van der Waals surface area contributed by atoms with Crippen LogP contribution in [-0.4, -0.2) is 52.7 Å². The number of carbonyl (C=O) groups is 1. The second-order valence-electron chi connectivity index (χ2n) is 8.08. The van der Waals surface area contributed by atoms with Gasteiger partial charge in [-0.1, -0.05) is 30.2 Å². The summed E-state index contributed by atoms with van der Waals surface area (Å²) in [5.74, 6) is -1.72. The van der Waals surface area contributed by atoms with Crippen LogP contribution >= 0.6 is 0 Å². The van der Waals surface area contributed by atoms with Gasteiger partial charge in [-0.25, -0.2) is 8.78 Å². The average molecular weight is 420 g/mol. The van der Waals surface area contributed by atoms with E-state index in [0.717, 1.165) is 25.2 Å². The molecule has 7 nitrogen and oxygen atoms in total. The van der Waals surface area contributed by atoms with Crippen LogP contribution in [0.5, 0.6) is 5.75 Å². The number of hydrogen-bond acceptors (Lipinski definition) is 6. The molecule has 1 N–H and O–H groups in total. The van der Waals surface area contributed by atoms with Gasteiger partial charge in [0, 0.05) is 19.5 Å². The standard InChI is InChI=1S/C12H16F2N4O2.C9H10O/c1-2-8(16-10-17-15-7-20-10)9(19)18-4-3-11(6-18)5-12(11,13)14;1-2-6-9-8(4-1)5-3-7-10-9/h7-8H,2-6H2,1H3,(H,16,17);1-2,4,6H,3,5,7H2. The highest BCUT2D eigenvalue weighted by Crippen LogP contribution is 2.65. The minimum absolute atomic E-state index is 0.0995. The Balaban J connectivity index is 0.000000181. The van der Waals surface area contributed by atoms with Gasteiger partial charge in [0.1, 0.15) is 11.8 Å². The molecule has 1 spiro atoms. The van der Waals surface area contributed by atoms with E-state index in [9.17, 15) is 13.6 Å². The maximum absolute atomic E-state index is 13.3. The van der Waals surface area contributed by atoms with Crippen LogP contribution in [0.3, 0.4) is 0 Å². The number of hydrogen-bond donors (Lipinski definition) is 1. The fraction of sp³-hybridized carbons (Fsp3) is 0.571. The molecule has 3 heterocycles. The number of amides is 1. The number of likely N-dealkylation sites (tertiary alicyclic amines) is 1. The number of nitrogens with zero attached hydrogens (tertiary/aromatic N) is 3. The number of fused-ring (bicyclic) bond motifs is 1. The Morgan fingerprint density at radius 3 is 2.80 bits per heavy atom. The van der Waals surface area contributed by atoms with Gasteiger partial charge < -0.3 is 19.4 Å². The van der Waals surface area contributed by atoms with Gasteiger partial charge in [-0.2, -0.15) is 0 Å². The molecule has 2 aromatic rings. The Labute approximate surface area is 173 Å². The Hall–Kier alpha value is -2.71. The molecule has 2 atom stereocenters. The second kappa shape index (κ2) is 8.20. The van der Waals surface area contributed by atoms with Crippen molar-refractivity contribution in [2.45, 2.75) is 51.0 Å². The van der Waals surface area contributed by atoms with Gasteiger partial charge in [0.2, 0.25) is 12.3 Å². The van der Waals surface area contributed by atoms with Gasteiger partial charge in [-0.3, -0.25) is 4.79 Å². The first-order valence-electron chi connectivity index (χ1n) is 10.3. The zero-order valence-electron chi connectivity index (χ0n) is 16.9. The molecule has 162 valence electrons. The summed E-state index contributed by atoms with van der Waals surface area (Å²) in [6.45, 7) is 3.25. The van der Waals surface area contributed by atoms with Crippen molar-refractivity contribution in [1.29, 1.82) is 0 Å². The number of carbonyl (C=O) groups excluding carboxylic acids is 1. The van der Waals surface area contributed by atoms with E-state index >= 15 is 0 Å². The molecule has 1 aromatic heterocycles. The van der Waals surface area contributed by atoms with E-state index < -0.39 is 17.4 Å². The number of benzene rings is 1. The summed E-state index contributed by atoms with van der Waals surface area (Å²) in [4.78, 5) is 13.9. The molecular weight excluding hydrogens is 394 g/mol. The van der Waals surface area contributed by atoms with Gasteiger partial charge in [-0.15, -0.1) is 5.10 Å². The van der Waals surface area contributed by atoms with E-state index in [1.165, 1.54) is 16.9 Å². The summed E-state index contributed by atoms with van der Waals surface area (Å²) in [6, 6.07) is 7.88. The summed E-state index contributed by atoms with van der Waals surface area (Å²) in [7, 11) is 0. The molecule has 1 aromatic carbocycles. The average Bonchev–Trinajstić information content (AvgIpc) is 3.18. The van der Waals surface area contributed by atoms with Gasteiger partial charge >= 0.3 is 6.01 Å². The normalized spacial score (nSPS) is 24.3. The van der Waals surface area contributed by atoms with Crippen molar-refractivity contribution in [2.75, 3.05) is 25.0 Å². The number of nitrogens with one attached hydrogen (secondary N) is 1. The Bertz CT molecular complexity index is 852. The van der Waals surface area contributed by atoms with Crippen molar-refractivity contribution >= 4 is 11.9 Å². The van der Waals surface area contributed by atoms with Crippen molar-refractivity contribution in [3.05, 3.63) is 36.2 Å². The second-order valence-corrected chi connectivity index (χ2v) is 8.08. The number of anilines is 1. The largest absolute Gasteiger partial charge is 0.493 e. The van der Waals surface area contributed by atoms with Crippen molar-refractivity contribution in [1.82, 2.24) is 15.1 Å². The molecule has 0 bridgehead atoms. The van der Waals surface area contributed by atoms with Crippen molar-refractivity contribution in [2.24, 2.45) is 5.41 Å². The summed E-state index contributed by atoms with van der Waals surface area (Å²) in [5, 5.41) is 10.0. The zero-order chi connectivity index (χ0) is 21.2. The molecule has 1 amide bonds. The van der Waals surface area contributed by atoms with E-state index in [-0.39, 0.29) is 24.9 Å². The van der Waals surface area contributed by atoms with E-state index in [1.807, 2.05) is 19.1 Å². The number of ether oxygens (including phenoxy) is 1. The molecule has 1 saturated carbocycles. The Morgan fingerprint density at radius 2 is 2.17 bits per heavy atom. The third-order valence-electron chi connectivity index (χ3n) is 6.06. The van der Waals surface area contributed by atoms with E-state index in [2.05, 4.69) is 27.6 Å². The van der Waals surface area contributed by atoms with Crippen LogP contribution in [-0.2, 0) is 11.2 Å². The van der Waals surface area contributed by atoms with Crippen molar-refractivity contribution < 1.29 is 22.7 Å². The van der Waals surface area contributed by atoms with Gasteiger partial charge in [0.15, 0.2) is 0 Å². The van der Waals surface area contributed by atoms with Crippen LogP contribution in [0.15, 0.2) is 35.1 Å². The number of aryl methyl sites for hydroxylation is 1. The lowest BCUT2D eigenvalue weighted by Gasteiger charge is -2.22. The van der Waals surface area contributed by atoms with Crippen LogP contribution in [0.2, 0.25) is 0 Å². The molecule has 5 rings (SSSR count). The zero-order valence-corrected chi connectivity index (χ0v) is 16.9. The SMILES string of the molecule is CCC(Nc1nnco1)C(=O)N1CCC2(C1)CC2(F)F.c1ccc2c(c1)CCCO2. The highest BCUT2D eigenvalue weighted by molar-refractivity contribution is 5.84. The predicted molar refractivity (Wildman–Crippen MR) is 105 cm³/mol. The number of halogens is 2. The van der Waals surface area contributed by atoms with Crippen LogP contribution < -0.4 is 10.1 Å². The highest BCUT2D eigenvalue weighted by Gasteiger charge is 2.73. The first-order chi connectivity index (χ1) is 14.4. The summed E-state index contributed by atoms with van der Waals surface area (Å²) >= 11 is 0. The molecule has 2 fully saturated rings. The third kappa shape index (κ3) is 4.11. The van der Waals surface area contributed by atoms with Crippen LogP contribution in [0.25, 0.3) is 0 Å². The van der Waals surface area contributed by atoms with Gasteiger partial charge in [0.25, 0.3) is 5.92 Å². The lowest BCUT2D eigenvalue weighted by Crippen LogP contribution is -2.42. The number of para-hydroxylation sites is 1.